The number of nitrogens with one attached hydrogen (secondary N) is 1. The fraction of sp³-hybridized carbons (Fsp3) is 0.875. The quantitative estimate of drug-likeness (QED) is 0.377. The van der Waals surface area contributed by atoms with Crippen molar-refractivity contribution in [2.45, 2.75) is 37.7 Å². The van der Waals surface area contributed by atoms with Crippen LogP contribution in [0, 0.1) is 0 Å². The monoisotopic (exact) mass is 208 g/mol. The van der Waals surface area contributed by atoms with Crippen LogP contribution in [-0.4, -0.2) is 44.5 Å². The minimum absolute atomic E-state index is 0.221. The van der Waals surface area contributed by atoms with E-state index in [1.165, 1.54) is 0 Å². The summed E-state index contributed by atoms with van der Waals surface area (Å²) >= 11 is 3.82. The summed E-state index contributed by atoms with van der Waals surface area (Å²) in [5.41, 5.74) is 0. The predicted molar refractivity (Wildman–Crippen MR) is 61.8 cm³/mol. The zero-order valence-corrected chi connectivity index (χ0v) is 9.04. The fourth-order valence-corrected chi connectivity index (χ4v) is 1.79. The molecule has 4 radical (unpaired) electrons. The maximum atomic E-state index is 11.2. The van der Waals surface area contributed by atoms with Crippen LogP contribution in [0.15, 0.2) is 0 Å². The van der Waals surface area contributed by atoms with Crippen LogP contribution in [0.4, 0.5) is 4.79 Å². The van der Waals surface area contributed by atoms with Crippen molar-refractivity contribution in [3.63, 3.8) is 0 Å². The van der Waals surface area contributed by atoms with Crippen molar-refractivity contribution in [3.8, 4) is 0 Å². The minimum Gasteiger partial charge on any atom is -0.366 e. The van der Waals surface area contributed by atoms with Gasteiger partial charge in [-0.2, -0.15) is 0 Å². The van der Waals surface area contributed by atoms with Gasteiger partial charge in [-0.25, -0.2) is 0 Å². The third-order valence-electron chi connectivity index (χ3n) is 2.34. The lowest BCUT2D eigenvalue weighted by Crippen LogP contribution is -2.39. The molecule has 74 valence electrons. The molecule has 0 heterocycles. The van der Waals surface area contributed by atoms with E-state index >= 15 is 0 Å². The SMILES string of the molecule is [B]NCCCC([B])N(C(=O)S)C1CC1. The molecule has 0 aromatic carbocycles. The third kappa shape index (κ3) is 3.58. The first kappa shape index (κ1) is 12.0. The maximum Gasteiger partial charge on any atom is 0.278 e. The molecule has 0 bridgehead atoms. The van der Waals surface area contributed by atoms with Crippen molar-refractivity contribution < 1.29 is 4.79 Å². The van der Waals surface area contributed by atoms with Gasteiger partial charge < -0.3 is 10.1 Å². The minimum atomic E-state index is -0.222. The van der Waals surface area contributed by atoms with Gasteiger partial charge in [0.25, 0.3) is 5.24 Å². The highest BCUT2D eigenvalue weighted by molar-refractivity contribution is 7.96. The number of hydrogen-bond acceptors (Lipinski definition) is 2. The number of carbonyl (C=O) groups is 1. The van der Waals surface area contributed by atoms with Crippen molar-refractivity contribution in [3.05, 3.63) is 0 Å². The molecular weight excluding hydrogens is 194 g/mol. The standard InChI is InChI=1S/C8H14B2N2OS/c9-7(2-1-5-11-10)12(8(13)14)6-3-4-6/h6-7,11H,1-5H2,(H,13,14). The number of amides is 1. The Morgan fingerprint density at radius 3 is 2.71 bits per heavy atom. The molecule has 0 spiro atoms. The molecule has 0 aromatic rings. The second kappa shape index (κ2) is 5.71. The van der Waals surface area contributed by atoms with E-state index in [0.717, 1.165) is 25.7 Å². The Morgan fingerprint density at radius 1 is 1.64 bits per heavy atom. The Morgan fingerprint density at radius 2 is 2.29 bits per heavy atom. The topological polar surface area (TPSA) is 32.3 Å². The van der Waals surface area contributed by atoms with Gasteiger partial charge in [-0.15, -0.1) is 0 Å². The zero-order valence-electron chi connectivity index (χ0n) is 8.15. The summed E-state index contributed by atoms with van der Waals surface area (Å²) in [5.74, 6) is -0.221. The Kier molecular flexibility index (Phi) is 4.89. The van der Waals surface area contributed by atoms with Gasteiger partial charge >= 0.3 is 0 Å². The normalized spacial score (nSPS) is 17.8. The van der Waals surface area contributed by atoms with Crippen molar-refractivity contribution in [2.24, 2.45) is 0 Å². The van der Waals surface area contributed by atoms with Crippen LogP contribution < -0.4 is 5.23 Å². The number of hydrogen-bond donors (Lipinski definition) is 2. The van der Waals surface area contributed by atoms with Gasteiger partial charge in [0.1, 0.15) is 0 Å². The van der Waals surface area contributed by atoms with E-state index in [4.69, 9.17) is 15.8 Å². The van der Waals surface area contributed by atoms with Crippen LogP contribution >= 0.6 is 12.6 Å². The van der Waals surface area contributed by atoms with Crippen molar-refractivity contribution in [1.29, 1.82) is 0 Å². The van der Waals surface area contributed by atoms with Crippen LogP contribution in [0.5, 0.6) is 0 Å². The van der Waals surface area contributed by atoms with E-state index in [1.807, 2.05) is 0 Å². The Balaban J connectivity index is 2.31. The summed E-state index contributed by atoms with van der Waals surface area (Å²) < 4.78 is 0. The molecule has 1 saturated carbocycles. The summed E-state index contributed by atoms with van der Waals surface area (Å²) in [7, 11) is 11.0. The largest absolute Gasteiger partial charge is 0.366 e. The van der Waals surface area contributed by atoms with Crippen LogP contribution in [0.25, 0.3) is 0 Å². The van der Waals surface area contributed by atoms with Gasteiger partial charge in [0, 0.05) is 6.04 Å². The number of rotatable bonds is 6. The molecule has 1 rings (SSSR count). The highest BCUT2D eigenvalue weighted by atomic mass is 32.1. The van der Waals surface area contributed by atoms with Gasteiger partial charge in [0.05, 0.1) is 7.85 Å². The molecule has 0 aromatic heterocycles. The average molecular weight is 208 g/mol. The molecule has 1 aliphatic rings. The number of carbonyl (C=O) groups excluding carboxylic acids is 1. The first-order chi connectivity index (χ1) is 6.66. The zero-order chi connectivity index (χ0) is 10.6. The lowest BCUT2D eigenvalue weighted by atomic mass is 9.90. The molecular formula is C8H14B2N2OS. The first-order valence-electron chi connectivity index (χ1n) is 4.87. The fourth-order valence-electron chi connectivity index (χ4n) is 1.47. The number of nitrogens with zero attached hydrogens (tertiary/aromatic N) is 1. The van der Waals surface area contributed by atoms with Crippen LogP contribution in [-0.2, 0) is 0 Å². The summed E-state index contributed by atoms with van der Waals surface area (Å²) in [6.07, 6.45) is 3.72. The molecule has 0 saturated heterocycles. The first-order valence-corrected chi connectivity index (χ1v) is 5.32. The van der Waals surface area contributed by atoms with E-state index in [9.17, 15) is 4.79 Å². The molecule has 3 nitrogen and oxygen atoms in total. The number of thiol groups is 1. The van der Waals surface area contributed by atoms with E-state index in [1.54, 1.807) is 4.90 Å². The van der Waals surface area contributed by atoms with E-state index in [-0.39, 0.29) is 11.2 Å². The molecule has 1 fully saturated rings. The highest BCUT2D eigenvalue weighted by Gasteiger charge is 2.33. The van der Waals surface area contributed by atoms with E-state index in [2.05, 4.69) is 17.9 Å². The predicted octanol–water partition coefficient (Wildman–Crippen LogP) is 0.448. The van der Waals surface area contributed by atoms with Crippen LogP contribution in [0.3, 0.4) is 0 Å². The molecule has 1 N–H and O–H groups in total. The van der Waals surface area contributed by atoms with E-state index in [0.29, 0.717) is 12.6 Å². The van der Waals surface area contributed by atoms with Gasteiger partial charge in [-0.05, 0) is 38.2 Å². The molecule has 1 amide bonds. The van der Waals surface area contributed by atoms with Gasteiger partial charge in [0.2, 0.25) is 0 Å². The van der Waals surface area contributed by atoms with Gasteiger partial charge in [-0.1, -0.05) is 12.6 Å². The van der Waals surface area contributed by atoms with Gasteiger partial charge in [0.15, 0.2) is 7.98 Å². The molecule has 1 atom stereocenters. The summed E-state index contributed by atoms with van der Waals surface area (Å²) in [5, 5.41) is 2.34. The molecule has 0 aliphatic heterocycles. The molecule has 1 aliphatic carbocycles. The Labute approximate surface area is 93.2 Å². The van der Waals surface area contributed by atoms with E-state index < -0.39 is 0 Å². The highest BCUT2D eigenvalue weighted by Crippen LogP contribution is 2.29. The van der Waals surface area contributed by atoms with Crippen molar-refractivity contribution in [2.75, 3.05) is 6.54 Å². The van der Waals surface area contributed by atoms with Crippen LogP contribution in [0.1, 0.15) is 25.7 Å². The van der Waals surface area contributed by atoms with Crippen LogP contribution in [0.2, 0.25) is 0 Å². The smallest absolute Gasteiger partial charge is 0.278 e. The third-order valence-corrected chi connectivity index (χ3v) is 2.57. The average Bonchev–Trinajstić information content (AvgIpc) is 2.88. The maximum absolute atomic E-state index is 11.2. The lowest BCUT2D eigenvalue weighted by molar-refractivity contribution is 0.211. The summed E-state index contributed by atoms with van der Waals surface area (Å²) in [4.78, 5) is 12.8. The van der Waals surface area contributed by atoms with Crippen molar-refractivity contribution in [1.82, 2.24) is 10.1 Å². The Bertz CT molecular complexity index is 202. The van der Waals surface area contributed by atoms with Crippen molar-refractivity contribution >= 4 is 33.7 Å². The second-order valence-corrected chi connectivity index (χ2v) is 3.97. The molecule has 6 heteroatoms. The van der Waals surface area contributed by atoms with Gasteiger partial charge in [-0.3, -0.25) is 4.79 Å². The summed E-state index contributed by atoms with van der Waals surface area (Å²) in [6.45, 7) is 0.715. The lowest BCUT2D eigenvalue weighted by Gasteiger charge is -2.28. The second-order valence-electron chi connectivity index (χ2n) is 3.58. The molecule has 14 heavy (non-hydrogen) atoms. The molecule has 1 unspecified atom stereocenters. The Hall–Kier alpha value is -0.0901. The summed E-state index contributed by atoms with van der Waals surface area (Å²) in [6, 6.07) is 0.320.